The van der Waals surface area contributed by atoms with E-state index < -0.39 is 0 Å². The second-order valence-corrected chi connectivity index (χ2v) is 7.54. The van der Waals surface area contributed by atoms with E-state index in [1.807, 2.05) is 12.3 Å². The molecule has 1 unspecified atom stereocenters. The molecule has 1 aromatic rings. The summed E-state index contributed by atoms with van der Waals surface area (Å²) in [5, 5.41) is 0. The van der Waals surface area contributed by atoms with Crippen LogP contribution in [0.3, 0.4) is 0 Å². The van der Waals surface area contributed by atoms with Crippen molar-refractivity contribution in [2.45, 2.75) is 57.2 Å². The molecule has 2 aliphatic heterocycles. The topological polar surface area (TPSA) is 28.5 Å². The highest BCUT2D eigenvalue weighted by atomic mass is 79.9. The number of pyridine rings is 1. The lowest BCUT2D eigenvalue weighted by molar-refractivity contribution is 0.0630. The summed E-state index contributed by atoms with van der Waals surface area (Å²) in [6.07, 6.45) is 10.8. The van der Waals surface area contributed by atoms with E-state index in [1.165, 1.54) is 30.5 Å². The minimum absolute atomic E-state index is 0.0519. The molecule has 1 saturated heterocycles. The second-order valence-electron chi connectivity index (χ2n) is 6.73. The average Bonchev–Trinajstić information content (AvgIpc) is 2.48. The predicted octanol–water partition coefficient (Wildman–Crippen LogP) is 4.43. The summed E-state index contributed by atoms with van der Waals surface area (Å²) in [6.45, 7) is 4.45. The molecule has 3 heterocycles. The van der Waals surface area contributed by atoms with Crippen LogP contribution >= 0.6 is 15.9 Å². The van der Waals surface area contributed by atoms with Gasteiger partial charge in [0.15, 0.2) is 0 Å². The molecule has 0 amide bonds. The van der Waals surface area contributed by atoms with Crippen molar-refractivity contribution in [3.05, 3.63) is 41.7 Å². The van der Waals surface area contributed by atoms with Crippen molar-refractivity contribution in [1.29, 1.82) is 0 Å². The summed E-state index contributed by atoms with van der Waals surface area (Å²) in [4.78, 5) is 12.1. The maximum atomic E-state index is 4.92. The number of dihydropyridines is 1. The molecule has 0 saturated carbocycles. The fraction of sp³-hybridized carbons (Fsp3) is 0.556. The van der Waals surface area contributed by atoms with Crippen LogP contribution in [-0.4, -0.2) is 33.1 Å². The lowest BCUT2D eigenvalue weighted by Crippen LogP contribution is -2.52. The SMILES string of the molecule is Cc1cccnc1[C@@H]1CCC[C@H](C2(C)CC=CC(Br)=N2)N1C. The smallest absolute Gasteiger partial charge is 0.100 e. The first-order valence-electron chi connectivity index (χ1n) is 8.06. The van der Waals surface area contributed by atoms with Gasteiger partial charge in [0.05, 0.1) is 17.3 Å². The lowest BCUT2D eigenvalue weighted by Gasteiger charge is -2.47. The van der Waals surface area contributed by atoms with Gasteiger partial charge in [-0.3, -0.25) is 14.9 Å². The zero-order chi connectivity index (χ0) is 15.7. The van der Waals surface area contributed by atoms with Crippen molar-refractivity contribution in [3.63, 3.8) is 0 Å². The van der Waals surface area contributed by atoms with Crippen LogP contribution in [0.5, 0.6) is 0 Å². The minimum Gasteiger partial charge on any atom is -0.292 e. The minimum atomic E-state index is -0.0519. The molecule has 1 fully saturated rings. The highest BCUT2D eigenvalue weighted by molar-refractivity contribution is 9.18. The van der Waals surface area contributed by atoms with Crippen molar-refractivity contribution in [1.82, 2.24) is 9.88 Å². The Kier molecular flexibility index (Phi) is 4.51. The third-order valence-electron chi connectivity index (χ3n) is 5.17. The van der Waals surface area contributed by atoms with E-state index in [0.29, 0.717) is 12.1 Å². The van der Waals surface area contributed by atoms with Crippen molar-refractivity contribution in [2.75, 3.05) is 7.05 Å². The highest BCUT2D eigenvalue weighted by Gasteiger charge is 2.42. The number of likely N-dealkylation sites (N-methyl/N-ethyl adjacent to an activating group) is 1. The Labute approximate surface area is 141 Å². The van der Waals surface area contributed by atoms with Gasteiger partial charge in [-0.25, -0.2) is 0 Å². The molecule has 1 aromatic heterocycles. The van der Waals surface area contributed by atoms with Crippen LogP contribution in [-0.2, 0) is 0 Å². The Morgan fingerprint density at radius 1 is 1.36 bits per heavy atom. The number of aromatic nitrogens is 1. The Morgan fingerprint density at radius 2 is 2.18 bits per heavy atom. The van der Waals surface area contributed by atoms with Crippen molar-refractivity contribution in [3.8, 4) is 0 Å². The van der Waals surface area contributed by atoms with Crippen LogP contribution in [0.2, 0.25) is 0 Å². The Hall–Kier alpha value is -1.000. The van der Waals surface area contributed by atoms with Gasteiger partial charge in [-0.15, -0.1) is 0 Å². The standard InChI is InChI=1S/C18H24BrN3/c1-13-7-6-12-20-17(13)14-8-4-9-15(22(14)3)18(2)11-5-10-16(19)21-18/h5-7,10,12,14-15H,4,8-9,11H2,1-3H3/t14-,15+,18?/m0/s1. The largest absolute Gasteiger partial charge is 0.292 e. The molecule has 0 bridgehead atoms. The zero-order valence-corrected chi connectivity index (χ0v) is 15.2. The molecule has 118 valence electrons. The first-order valence-corrected chi connectivity index (χ1v) is 8.86. The number of aliphatic imine (C=N–C) groups is 1. The van der Waals surface area contributed by atoms with Gasteiger partial charge >= 0.3 is 0 Å². The maximum absolute atomic E-state index is 4.92. The molecule has 3 atom stereocenters. The second kappa shape index (κ2) is 6.25. The van der Waals surface area contributed by atoms with Gasteiger partial charge in [0.2, 0.25) is 0 Å². The Morgan fingerprint density at radius 3 is 2.91 bits per heavy atom. The molecule has 0 radical (unpaired) electrons. The van der Waals surface area contributed by atoms with E-state index in [4.69, 9.17) is 4.99 Å². The van der Waals surface area contributed by atoms with Gasteiger partial charge < -0.3 is 0 Å². The molecule has 0 spiro atoms. The van der Waals surface area contributed by atoms with Crippen LogP contribution in [0.15, 0.2) is 35.5 Å². The summed E-state index contributed by atoms with van der Waals surface area (Å²) in [6, 6.07) is 5.04. The molecule has 0 aliphatic carbocycles. The fourth-order valence-corrected chi connectivity index (χ4v) is 4.58. The number of allylic oxidation sites excluding steroid dienone is 1. The fourth-order valence-electron chi connectivity index (χ4n) is 3.99. The van der Waals surface area contributed by atoms with Crippen molar-refractivity contribution in [2.24, 2.45) is 4.99 Å². The molecule has 4 heteroatoms. The van der Waals surface area contributed by atoms with Crippen molar-refractivity contribution < 1.29 is 0 Å². The molecule has 3 rings (SSSR count). The van der Waals surface area contributed by atoms with Gasteiger partial charge in [0, 0.05) is 12.2 Å². The first-order chi connectivity index (χ1) is 10.5. The summed E-state index contributed by atoms with van der Waals surface area (Å²) in [5.41, 5.74) is 2.47. The van der Waals surface area contributed by atoms with Crippen LogP contribution in [0.25, 0.3) is 0 Å². The van der Waals surface area contributed by atoms with Crippen LogP contribution in [0.1, 0.15) is 49.9 Å². The number of nitrogens with zero attached hydrogens (tertiary/aromatic N) is 3. The van der Waals surface area contributed by atoms with E-state index in [1.54, 1.807) is 0 Å². The third kappa shape index (κ3) is 2.91. The predicted molar refractivity (Wildman–Crippen MR) is 95.6 cm³/mol. The van der Waals surface area contributed by atoms with Gasteiger partial charge in [0.25, 0.3) is 0 Å². The molecule has 0 aromatic carbocycles. The number of piperidine rings is 1. The number of likely N-dealkylation sites (tertiary alicyclic amines) is 1. The van der Waals surface area contributed by atoms with Gasteiger partial charge in [-0.1, -0.05) is 12.1 Å². The van der Waals surface area contributed by atoms with Gasteiger partial charge in [-0.05, 0) is 80.2 Å². The number of hydrogen-bond acceptors (Lipinski definition) is 3. The number of hydrogen-bond donors (Lipinski definition) is 0. The Balaban J connectivity index is 1.89. The molecule has 3 nitrogen and oxygen atoms in total. The molecule has 0 N–H and O–H groups in total. The maximum Gasteiger partial charge on any atom is 0.100 e. The molecule has 2 aliphatic rings. The molecule has 22 heavy (non-hydrogen) atoms. The summed E-state index contributed by atoms with van der Waals surface area (Å²) >= 11 is 3.55. The van der Waals surface area contributed by atoms with E-state index in [-0.39, 0.29) is 5.54 Å². The average molecular weight is 362 g/mol. The van der Waals surface area contributed by atoms with Crippen LogP contribution in [0.4, 0.5) is 0 Å². The monoisotopic (exact) mass is 361 g/mol. The van der Waals surface area contributed by atoms with Crippen molar-refractivity contribution >= 4 is 20.6 Å². The van der Waals surface area contributed by atoms with Gasteiger partial charge in [0.1, 0.15) is 4.62 Å². The van der Waals surface area contributed by atoms with Crippen LogP contribution in [0, 0.1) is 6.92 Å². The van der Waals surface area contributed by atoms with E-state index in [9.17, 15) is 0 Å². The van der Waals surface area contributed by atoms with E-state index in [2.05, 4.69) is 64.9 Å². The number of rotatable bonds is 2. The van der Waals surface area contributed by atoms with Gasteiger partial charge in [-0.2, -0.15) is 0 Å². The summed E-state index contributed by atoms with van der Waals surface area (Å²) in [7, 11) is 2.25. The van der Waals surface area contributed by atoms with E-state index >= 15 is 0 Å². The summed E-state index contributed by atoms with van der Waals surface area (Å²) < 4.78 is 0.964. The molecular weight excluding hydrogens is 338 g/mol. The normalized spacial score (nSPS) is 32.8. The van der Waals surface area contributed by atoms with E-state index in [0.717, 1.165) is 11.0 Å². The van der Waals surface area contributed by atoms with Crippen LogP contribution < -0.4 is 0 Å². The summed E-state index contributed by atoms with van der Waals surface area (Å²) in [5.74, 6) is 0. The lowest BCUT2D eigenvalue weighted by atomic mass is 9.79. The highest BCUT2D eigenvalue weighted by Crippen LogP contribution is 2.40. The Bertz CT molecular complexity index is 610. The third-order valence-corrected chi connectivity index (χ3v) is 5.61. The quantitative estimate of drug-likeness (QED) is 0.779. The number of aryl methyl sites for hydroxylation is 1. The zero-order valence-electron chi connectivity index (χ0n) is 13.6. The number of halogens is 1. The molecular formula is C18H24BrN3. The first kappa shape index (κ1) is 15.9.